The van der Waals surface area contributed by atoms with Crippen molar-refractivity contribution < 1.29 is 33.3 Å². The average Bonchev–Trinajstić information content (AvgIpc) is 3.20. The smallest absolute Gasteiger partial charge is 0.332 e. The molecule has 0 saturated heterocycles. The van der Waals surface area contributed by atoms with Crippen LogP contribution in [0, 0.1) is 5.92 Å². The van der Waals surface area contributed by atoms with Crippen LogP contribution in [0.25, 0.3) is 0 Å². The molecule has 0 saturated carbocycles. The summed E-state index contributed by atoms with van der Waals surface area (Å²) in [5, 5.41) is 2.82. The van der Waals surface area contributed by atoms with Gasteiger partial charge in [0.2, 0.25) is 5.91 Å². The van der Waals surface area contributed by atoms with Crippen LogP contribution in [0.3, 0.4) is 0 Å². The Kier molecular flexibility index (Phi) is 38.4. The van der Waals surface area contributed by atoms with E-state index in [-0.39, 0.29) is 31.1 Å². The molecule has 0 heterocycles. The maximum absolute atomic E-state index is 13.3. The number of ether oxygens (including phenoxy) is 4. The first-order chi connectivity index (χ1) is 30.0. The third-order valence-electron chi connectivity index (χ3n) is 12.1. The highest BCUT2D eigenvalue weighted by Crippen LogP contribution is 2.27. The molecule has 3 atom stereocenters. The minimum Gasteiger partial charge on any atom is -0.464 e. The van der Waals surface area contributed by atoms with Gasteiger partial charge >= 0.3 is 11.9 Å². The van der Waals surface area contributed by atoms with E-state index in [4.69, 9.17) is 24.7 Å². The van der Waals surface area contributed by atoms with Crippen LogP contribution in [-0.2, 0) is 33.3 Å². The number of carbonyl (C=O) groups excluding carboxylic acids is 3. The highest BCUT2D eigenvalue weighted by atomic mass is 16.6. The molecule has 0 aliphatic carbocycles. The van der Waals surface area contributed by atoms with E-state index < -0.39 is 35.2 Å². The first-order valence-electron chi connectivity index (χ1n) is 26.8. The fourth-order valence-corrected chi connectivity index (χ4v) is 8.34. The summed E-state index contributed by atoms with van der Waals surface area (Å²) in [7, 11) is 0. The highest BCUT2D eigenvalue weighted by Gasteiger charge is 2.34. The summed E-state index contributed by atoms with van der Waals surface area (Å²) in [5.74, 6) is -1.89. The van der Waals surface area contributed by atoms with Crippen molar-refractivity contribution in [1.82, 2.24) is 5.32 Å². The first-order valence-corrected chi connectivity index (χ1v) is 26.8. The molecule has 0 aromatic rings. The molecule has 0 fully saturated rings. The maximum Gasteiger partial charge on any atom is 0.332 e. The lowest BCUT2D eigenvalue weighted by Crippen LogP contribution is -2.49. The van der Waals surface area contributed by atoms with Crippen molar-refractivity contribution in [2.24, 2.45) is 11.7 Å². The zero-order valence-electron chi connectivity index (χ0n) is 43.3. The topological polar surface area (TPSA) is 126 Å². The van der Waals surface area contributed by atoms with Crippen LogP contribution in [0.5, 0.6) is 0 Å². The van der Waals surface area contributed by atoms with Gasteiger partial charge in [0.05, 0.1) is 23.7 Å². The standard InChI is InChI=1S/C54H106N2O7/c1-10-12-14-16-18-20-22-24-26-28-30-32-34-36-38-40-43-60-51(59)48(56-49(57)41-39-37-35-33-31-29-27-25-23-21-19-17-15-13-11-2)46-61-50(58)47(3)45-54(9,55)63-53(7,8)42-44-62-52(4,5)6/h47-48H,10-46,55H2,1-9H3,(H,56,57). The molecule has 374 valence electrons. The Morgan fingerprint density at radius 1 is 0.508 bits per heavy atom. The van der Waals surface area contributed by atoms with Crippen molar-refractivity contribution >= 4 is 17.8 Å². The summed E-state index contributed by atoms with van der Waals surface area (Å²) >= 11 is 0. The third kappa shape index (κ3) is 41.5. The summed E-state index contributed by atoms with van der Waals surface area (Å²) in [4.78, 5) is 39.6. The van der Waals surface area contributed by atoms with Crippen molar-refractivity contribution in [2.45, 2.75) is 304 Å². The van der Waals surface area contributed by atoms with Gasteiger partial charge < -0.3 is 30.0 Å². The van der Waals surface area contributed by atoms with Crippen LogP contribution < -0.4 is 11.1 Å². The second kappa shape index (κ2) is 39.5. The largest absolute Gasteiger partial charge is 0.464 e. The SMILES string of the molecule is CCCCCCCCCCCCCCCCCCOC(=O)C(COC(=O)C(C)CC(C)(N)OC(C)(C)CCOC(C)(C)C)NC(=O)CCCCCCCCCCCCCCCCC. The monoisotopic (exact) mass is 895 g/mol. The van der Waals surface area contributed by atoms with Crippen molar-refractivity contribution in [2.75, 3.05) is 19.8 Å². The lowest BCUT2D eigenvalue weighted by molar-refractivity contribution is -0.167. The van der Waals surface area contributed by atoms with Crippen LogP contribution in [-0.4, -0.2) is 60.6 Å². The number of esters is 2. The number of unbranched alkanes of at least 4 members (excludes halogenated alkanes) is 29. The predicted molar refractivity (Wildman–Crippen MR) is 265 cm³/mol. The number of hydrogen-bond donors (Lipinski definition) is 2. The fraction of sp³-hybridized carbons (Fsp3) is 0.944. The van der Waals surface area contributed by atoms with Crippen LogP contribution >= 0.6 is 0 Å². The normalized spacial score (nSPS) is 14.0. The molecule has 0 bridgehead atoms. The highest BCUT2D eigenvalue weighted by molar-refractivity contribution is 5.85. The number of amides is 1. The lowest BCUT2D eigenvalue weighted by atomic mass is 9.98. The lowest BCUT2D eigenvalue weighted by Gasteiger charge is -2.37. The van der Waals surface area contributed by atoms with Gasteiger partial charge in [0, 0.05) is 19.4 Å². The van der Waals surface area contributed by atoms with Crippen LogP contribution in [0.2, 0.25) is 0 Å². The fourth-order valence-electron chi connectivity index (χ4n) is 8.34. The van der Waals surface area contributed by atoms with E-state index in [1.165, 1.54) is 161 Å². The van der Waals surface area contributed by atoms with Crippen molar-refractivity contribution in [3.8, 4) is 0 Å². The molecule has 0 radical (unpaired) electrons. The second-order valence-corrected chi connectivity index (χ2v) is 20.9. The molecule has 0 rings (SSSR count). The maximum atomic E-state index is 13.3. The number of rotatable bonds is 45. The van der Waals surface area contributed by atoms with Gasteiger partial charge in [0.25, 0.3) is 0 Å². The zero-order valence-corrected chi connectivity index (χ0v) is 43.3. The van der Waals surface area contributed by atoms with Gasteiger partial charge in [-0.05, 0) is 60.8 Å². The van der Waals surface area contributed by atoms with Gasteiger partial charge in [0.15, 0.2) is 6.04 Å². The van der Waals surface area contributed by atoms with Crippen LogP contribution in [0.4, 0.5) is 0 Å². The van der Waals surface area contributed by atoms with Crippen LogP contribution in [0.15, 0.2) is 0 Å². The number of nitrogens with two attached hydrogens (primary N) is 1. The summed E-state index contributed by atoms with van der Waals surface area (Å²) < 4.78 is 23.4. The molecule has 0 aliphatic heterocycles. The minimum atomic E-state index is -1.10. The van der Waals surface area contributed by atoms with E-state index in [9.17, 15) is 14.4 Å². The average molecular weight is 895 g/mol. The van der Waals surface area contributed by atoms with E-state index in [0.29, 0.717) is 19.4 Å². The number of hydrogen-bond acceptors (Lipinski definition) is 8. The number of nitrogens with one attached hydrogen (secondary N) is 1. The van der Waals surface area contributed by atoms with Crippen molar-refractivity contribution in [1.29, 1.82) is 0 Å². The molecule has 0 aromatic carbocycles. The first kappa shape index (κ1) is 61.3. The minimum absolute atomic E-state index is 0.218. The Hall–Kier alpha value is -1.71. The number of carbonyl (C=O) groups is 3. The Morgan fingerprint density at radius 3 is 1.29 bits per heavy atom. The molecule has 1 amide bonds. The Balaban J connectivity index is 4.75. The van der Waals surface area contributed by atoms with Gasteiger partial charge in [-0.2, -0.15) is 0 Å². The summed E-state index contributed by atoms with van der Waals surface area (Å²) in [6.07, 6.45) is 40.4. The second-order valence-electron chi connectivity index (χ2n) is 20.9. The van der Waals surface area contributed by atoms with Crippen LogP contribution in [0.1, 0.15) is 281 Å². The van der Waals surface area contributed by atoms with E-state index >= 15 is 0 Å². The molecule has 9 nitrogen and oxygen atoms in total. The van der Waals surface area contributed by atoms with Crippen molar-refractivity contribution in [3.63, 3.8) is 0 Å². The Morgan fingerprint density at radius 2 is 0.889 bits per heavy atom. The molecule has 3 unspecified atom stereocenters. The summed E-state index contributed by atoms with van der Waals surface area (Å²) in [6, 6.07) is -1.06. The summed E-state index contributed by atoms with van der Waals surface area (Å²) in [5.41, 5.74) is 4.63. The molecule has 0 aromatic heterocycles. The van der Waals surface area contributed by atoms with Crippen molar-refractivity contribution in [3.05, 3.63) is 0 Å². The zero-order chi connectivity index (χ0) is 47.1. The summed E-state index contributed by atoms with van der Waals surface area (Å²) in [6.45, 7) is 18.5. The molecule has 9 heteroatoms. The Bertz CT molecular complexity index is 1090. The van der Waals surface area contributed by atoms with E-state index in [0.717, 1.165) is 38.5 Å². The van der Waals surface area contributed by atoms with Gasteiger partial charge in [-0.25, -0.2) is 4.79 Å². The molecular weight excluding hydrogens is 789 g/mol. The third-order valence-corrected chi connectivity index (χ3v) is 12.1. The molecule has 63 heavy (non-hydrogen) atoms. The molecular formula is C54H106N2O7. The Labute approximate surface area is 390 Å². The van der Waals surface area contributed by atoms with Gasteiger partial charge in [-0.3, -0.25) is 9.59 Å². The van der Waals surface area contributed by atoms with Gasteiger partial charge in [0.1, 0.15) is 12.3 Å². The molecule has 0 aliphatic rings. The van der Waals surface area contributed by atoms with Gasteiger partial charge in [-0.1, -0.05) is 207 Å². The van der Waals surface area contributed by atoms with E-state index in [1.54, 1.807) is 13.8 Å². The molecule has 0 spiro atoms. The van der Waals surface area contributed by atoms with E-state index in [2.05, 4.69) is 19.2 Å². The molecule has 3 N–H and O–H groups in total. The predicted octanol–water partition coefficient (Wildman–Crippen LogP) is 14.8. The van der Waals surface area contributed by atoms with Gasteiger partial charge in [-0.15, -0.1) is 0 Å². The quantitative estimate of drug-likeness (QED) is 0.0352. The van der Waals surface area contributed by atoms with E-state index in [1.807, 2.05) is 34.6 Å².